The average Bonchev–Trinajstić information content (AvgIpc) is 2.37. The molecule has 3 nitrogen and oxygen atoms in total. The number of piperidine rings is 1. The largest absolute Gasteiger partial charge is 0.384 e. The Morgan fingerprint density at radius 2 is 2.12 bits per heavy atom. The maximum absolute atomic E-state index is 8.61. The third-order valence-electron chi connectivity index (χ3n) is 3.26. The average molecular weight is 239 g/mol. The molecule has 1 heterocycles. The van der Waals surface area contributed by atoms with Crippen LogP contribution in [0.2, 0.25) is 0 Å². The zero-order valence-electron chi connectivity index (χ0n) is 11.1. The molecule has 1 aliphatic rings. The van der Waals surface area contributed by atoms with E-state index in [4.69, 9.17) is 9.84 Å². The van der Waals surface area contributed by atoms with Crippen LogP contribution in [0, 0.1) is 11.8 Å². The van der Waals surface area contributed by atoms with E-state index in [1.807, 2.05) is 0 Å². The summed E-state index contributed by atoms with van der Waals surface area (Å²) in [5, 5.41) is 8.61. The van der Waals surface area contributed by atoms with Crippen LogP contribution in [0.1, 0.15) is 39.5 Å². The summed E-state index contributed by atoms with van der Waals surface area (Å²) in [6.07, 6.45) is 5.31. The minimum atomic E-state index is -0.0402. The Hall–Kier alpha value is -0.560. The number of hydrogen-bond acceptors (Lipinski definition) is 3. The van der Waals surface area contributed by atoms with Crippen molar-refractivity contribution in [2.45, 2.75) is 51.7 Å². The van der Waals surface area contributed by atoms with Crippen molar-refractivity contribution >= 4 is 0 Å². The number of rotatable bonds is 5. The second-order valence-corrected chi connectivity index (χ2v) is 4.59. The smallest absolute Gasteiger partial charge is 0.104 e. The molecule has 0 amide bonds. The highest BCUT2D eigenvalue weighted by Gasteiger charge is 2.21. The third-order valence-corrected chi connectivity index (χ3v) is 3.26. The van der Waals surface area contributed by atoms with E-state index in [1.165, 1.54) is 12.8 Å². The Kier molecular flexibility index (Phi) is 7.27. The SMILES string of the molecule is CCC(CC)OC1CCCN(CC#CCO)C1. The fraction of sp³-hybridized carbons (Fsp3) is 0.857. The van der Waals surface area contributed by atoms with Crippen molar-refractivity contribution in [3.63, 3.8) is 0 Å². The van der Waals surface area contributed by atoms with Gasteiger partial charge in [0.25, 0.3) is 0 Å². The maximum Gasteiger partial charge on any atom is 0.104 e. The zero-order chi connectivity index (χ0) is 12.5. The minimum absolute atomic E-state index is 0.0402. The molecule has 0 aliphatic carbocycles. The van der Waals surface area contributed by atoms with Crippen LogP contribution in [0.3, 0.4) is 0 Å². The van der Waals surface area contributed by atoms with E-state index in [1.54, 1.807) is 0 Å². The molecular formula is C14H25NO2. The number of aliphatic hydroxyl groups is 1. The lowest BCUT2D eigenvalue weighted by atomic mass is 10.1. The molecule has 1 aliphatic heterocycles. The fourth-order valence-electron chi connectivity index (χ4n) is 2.24. The van der Waals surface area contributed by atoms with Gasteiger partial charge in [-0.25, -0.2) is 0 Å². The van der Waals surface area contributed by atoms with Crippen molar-refractivity contribution in [3.8, 4) is 11.8 Å². The van der Waals surface area contributed by atoms with E-state index in [0.29, 0.717) is 12.2 Å². The Bertz CT molecular complexity index is 253. The predicted octanol–water partition coefficient (Wildman–Crippen LogP) is 1.65. The molecule has 3 heteroatoms. The van der Waals surface area contributed by atoms with Gasteiger partial charge in [0, 0.05) is 6.54 Å². The van der Waals surface area contributed by atoms with E-state index >= 15 is 0 Å². The molecule has 1 unspecified atom stereocenters. The van der Waals surface area contributed by atoms with Gasteiger partial charge >= 0.3 is 0 Å². The third kappa shape index (κ3) is 5.54. The van der Waals surface area contributed by atoms with Gasteiger partial charge in [0.2, 0.25) is 0 Å². The Morgan fingerprint density at radius 1 is 1.35 bits per heavy atom. The summed E-state index contributed by atoms with van der Waals surface area (Å²) < 4.78 is 6.09. The molecular weight excluding hydrogens is 214 g/mol. The van der Waals surface area contributed by atoms with Gasteiger partial charge in [-0.05, 0) is 32.2 Å². The Labute approximate surface area is 105 Å². The van der Waals surface area contributed by atoms with Crippen molar-refractivity contribution in [1.82, 2.24) is 4.90 Å². The summed E-state index contributed by atoms with van der Waals surface area (Å²) >= 11 is 0. The van der Waals surface area contributed by atoms with E-state index in [0.717, 1.165) is 32.5 Å². The summed E-state index contributed by atoms with van der Waals surface area (Å²) in [5.74, 6) is 5.67. The fourth-order valence-corrected chi connectivity index (χ4v) is 2.24. The first-order chi connectivity index (χ1) is 8.30. The van der Waals surface area contributed by atoms with Crippen LogP contribution < -0.4 is 0 Å². The van der Waals surface area contributed by atoms with Crippen LogP contribution in [0.4, 0.5) is 0 Å². The van der Waals surface area contributed by atoms with E-state index in [2.05, 4.69) is 30.6 Å². The normalized spacial score (nSPS) is 21.3. The van der Waals surface area contributed by atoms with Gasteiger partial charge < -0.3 is 9.84 Å². The lowest BCUT2D eigenvalue weighted by Gasteiger charge is -2.33. The Balaban J connectivity index is 2.32. The molecule has 1 saturated heterocycles. The number of ether oxygens (including phenoxy) is 1. The quantitative estimate of drug-likeness (QED) is 0.741. The number of likely N-dealkylation sites (tertiary alicyclic amines) is 1. The van der Waals surface area contributed by atoms with Gasteiger partial charge in [-0.1, -0.05) is 25.7 Å². The van der Waals surface area contributed by atoms with Gasteiger partial charge in [-0.15, -0.1) is 0 Å². The van der Waals surface area contributed by atoms with Crippen molar-refractivity contribution in [3.05, 3.63) is 0 Å². The number of aliphatic hydroxyl groups excluding tert-OH is 1. The van der Waals surface area contributed by atoms with Crippen molar-refractivity contribution in [2.24, 2.45) is 0 Å². The minimum Gasteiger partial charge on any atom is -0.384 e. The molecule has 0 bridgehead atoms. The molecule has 1 atom stereocenters. The molecule has 98 valence electrons. The Morgan fingerprint density at radius 3 is 2.76 bits per heavy atom. The molecule has 0 aromatic heterocycles. The van der Waals surface area contributed by atoms with Gasteiger partial charge in [-0.3, -0.25) is 4.90 Å². The summed E-state index contributed by atoms with van der Waals surface area (Å²) in [5.41, 5.74) is 0. The summed E-state index contributed by atoms with van der Waals surface area (Å²) in [6.45, 7) is 7.16. The highest BCUT2D eigenvalue weighted by atomic mass is 16.5. The first-order valence-corrected chi connectivity index (χ1v) is 6.74. The van der Waals surface area contributed by atoms with Crippen LogP contribution in [0.15, 0.2) is 0 Å². The number of hydrogen-bond donors (Lipinski definition) is 1. The van der Waals surface area contributed by atoms with Crippen molar-refractivity contribution in [1.29, 1.82) is 0 Å². The maximum atomic E-state index is 8.61. The van der Waals surface area contributed by atoms with Crippen LogP contribution in [0.25, 0.3) is 0 Å². The first kappa shape index (κ1) is 14.5. The zero-order valence-corrected chi connectivity index (χ0v) is 11.1. The lowest BCUT2D eigenvalue weighted by molar-refractivity contribution is -0.0481. The molecule has 0 aromatic carbocycles. The predicted molar refractivity (Wildman–Crippen MR) is 69.8 cm³/mol. The molecule has 0 saturated carbocycles. The standard InChI is InChI=1S/C14H25NO2/c1-3-13(4-2)17-14-8-7-10-15(12-14)9-5-6-11-16/h13-14,16H,3-4,7-12H2,1-2H3. The lowest BCUT2D eigenvalue weighted by Crippen LogP contribution is -2.41. The van der Waals surface area contributed by atoms with Crippen LogP contribution in [-0.4, -0.2) is 48.5 Å². The van der Waals surface area contributed by atoms with E-state index in [-0.39, 0.29) is 6.61 Å². The monoisotopic (exact) mass is 239 g/mol. The second-order valence-electron chi connectivity index (χ2n) is 4.59. The molecule has 0 spiro atoms. The topological polar surface area (TPSA) is 32.7 Å². The highest BCUT2D eigenvalue weighted by molar-refractivity contribution is 5.01. The summed E-state index contributed by atoms with van der Waals surface area (Å²) in [4.78, 5) is 2.32. The summed E-state index contributed by atoms with van der Waals surface area (Å²) in [7, 11) is 0. The van der Waals surface area contributed by atoms with Crippen LogP contribution in [-0.2, 0) is 4.74 Å². The number of nitrogens with zero attached hydrogens (tertiary/aromatic N) is 1. The molecule has 1 rings (SSSR count). The van der Waals surface area contributed by atoms with Gasteiger partial charge in [0.15, 0.2) is 0 Å². The molecule has 0 radical (unpaired) electrons. The van der Waals surface area contributed by atoms with Crippen molar-refractivity contribution < 1.29 is 9.84 Å². The van der Waals surface area contributed by atoms with Crippen molar-refractivity contribution in [2.75, 3.05) is 26.2 Å². The van der Waals surface area contributed by atoms with E-state index < -0.39 is 0 Å². The highest BCUT2D eigenvalue weighted by Crippen LogP contribution is 2.16. The molecule has 1 fully saturated rings. The molecule has 0 aromatic rings. The van der Waals surface area contributed by atoms with Gasteiger partial charge in [0.1, 0.15) is 6.61 Å². The summed E-state index contributed by atoms with van der Waals surface area (Å²) in [6, 6.07) is 0. The second kappa shape index (κ2) is 8.52. The first-order valence-electron chi connectivity index (χ1n) is 6.74. The van der Waals surface area contributed by atoms with Crippen LogP contribution in [0.5, 0.6) is 0 Å². The van der Waals surface area contributed by atoms with Gasteiger partial charge in [-0.2, -0.15) is 0 Å². The van der Waals surface area contributed by atoms with Crippen LogP contribution >= 0.6 is 0 Å². The molecule has 1 N–H and O–H groups in total. The van der Waals surface area contributed by atoms with E-state index in [9.17, 15) is 0 Å². The molecule has 17 heavy (non-hydrogen) atoms. The van der Waals surface area contributed by atoms with Gasteiger partial charge in [0.05, 0.1) is 18.8 Å².